The van der Waals surface area contributed by atoms with Crippen molar-refractivity contribution in [2.45, 2.75) is 6.23 Å². The predicted molar refractivity (Wildman–Crippen MR) is 52.0 cm³/mol. The molecule has 1 aliphatic rings. The summed E-state index contributed by atoms with van der Waals surface area (Å²) in [6.07, 6.45) is -1.25. The van der Waals surface area contributed by atoms with Crippen LogP contribution < -0.4 is 5.73 Å². The molecule has 5 heteroatoms. The van der Waals surface area contributed by atoms with E-state index in [0.717, 1.165) is 4.90 Å². The van der Waals surface area contributed by atoms with Crippen LogP contribution in [0.5, 0.6) is 0 Å². The van der Waals surface area contributed by atoms with Crippen molar-refractivity contribution in [2.24, 2.45) is 5.73 Å². The second-order valence-corrected chi connectivity index (χ2v) is 3.24. The van der Waals surface area contributed by atoms with E-state index in [1.54, 1.807) is 24.3 Å². The number of nitrogens with two attached hydrogens (primary N) is 1. The lowest BCUT2D eigenvalue weighted by atomic mass is 10.1. The number of nitrogens with zero attached hydrogens (tertiary/aromatic N) is 1. The molecule has 1 atom stereocenters. The lowest BCUT2D eigenvalue weighted by Gasteiger charge is -2.18. The van der Waals surface area contributed by atoms with E-state index >= 15 is 0 Å². The third-order valence-corrected chi connectivity index (χ3v) is 2.33. The Morgan fingerprint density at radius 1 is 1.20 bits per heavy atom. The zero-order valence-electron chi connectivity index (χ0n) is 7.88. The first-order chi connectivity index (χ1) is 7.16. The number of carbonyl (C=O) groups excluding carboxylic acids is 2. The summed E-state index contributed by atoms with van der Waals surface area (Å²) in [4.78, 5) is 24.2. The van der Waals surface area contributed by atoms with Gasteiger partial charge in [-0.25, -0.2) is 4.90 Å². The van der Waals surface area contributed by atoms with Crippen LogP contribution in [-0.2, 0) is 0 Å². The van der Waals surface area contributed by atoms with Crippen LogP contribution in [0.2, 0.25) is 0 Å². The van der Waals surface area contributed by atoms with Gasteiger partial charge in [0, 0.05) is 6.54 Å². The molecule has 0 aliphatic carbocycles. The molecule has 1 unspecified atom stereocenters. The van der Waals surface area contributed by atoms with Crippen LogP contribution in [-0.4, -0.2) is 34.6 Å². The number of hydrogen-bond donors (Lipinski definition) is 2. The molecular weight excluding hydrogens is 196 g/mol. The third-order valence-electron chi connectivity index (χ3n) is 2.33. The summed E-state index contributed by atoms with van der Waals surface area (Å²) in [5.74, 6) is -0.984. The molecule has 0 spiro atoms. The molecule has 0 fully saturated rings. The fourth-order valence-electron chi connectivity index (χ4n) is 1.58. The monoisotopic (exact) mass is 206 g/mol. The molecule has 0 radical (unpaired) electrons. The van der Waals surface area contributed by atoms with E-state index in [9.17, 15) is 14.7 Å². The lowest BCUT2D eigenvalue weighted by molar-refractivity contribution is 0.0176. The largest absolute Gasteiger partial charge is 0.372 e. The fraction of sp³-hybridized carbons (Fsp3) is 0.200. The standard InChI is InChI=1S/C10H10N2O3/c11-5-8(13)12-9(14)6-3-1-2-4-7(6)10(12)15/h1-4,8,13H,5,11H2. The molecule has 1 aromatic rings. The van der Waals surface area contributed by atoms with E-state index in [0.29, 0.717) is 11.1 Å². The van der Waals surface area contributed by atoms with Crippen molar-refractivity contribution in [3.63, 3.8) is 0 Å². The van der Waals surface area contributed by atoms with Crippen LogP contribution in [0.15, 0.2) is 24.3 Å². The van der Waals surface area contributed by atoms with E-state index in [1.807, 2.05) is 0 Å². The molecule has 1 aromatic carbocycles. The Hall–Kier alpha value is -1.72. The number of rotatable bonds is 2. The first-order valence-corrected chi connectivity index (χ1v) is 4.52. The van der Waals surface area contributed by atoms with E-state index in [-0.39, 0.29) is 6.54 Å². The van der Waals surface area contributed by atoms with Crippen molar-refractivity contribution in [1.29, 1.82) is 0 Å². The summed E-state index contributed by atoms with van der Waals surface area (Å²) in [6.45, 7) is -0.161. The molecule has 15 heavy (non-hydrogen) atoms. The lowest BCUT2D eigenvalue weighted by Crippen LogP contribution is -2.44. The van der Waals surface area contributed by atoms with Gasteiger partial charge in [0.2, 0.25) is 0 Å². The topological polar surface area (TPSA) is 83.6 Å². The summed E-state index contributed by atoms with van der Waals surface area (Å²) < 4.78 is 0. The molecule has 1 aliphatic heterocycles. The van der Waals surface area contributed by atoms with Gasteiger partial charge in [0.1, 0.15) is 6.23 Å². The van der Waals surface area contributed by atoms with E-state index in [4.69, 9.17) is 5.73 Å². The number of aliphatic hydroxyl groups is 1. The Kier molecular flexibility index (Phi) is 2.26. The van der Waals surface area contributed by atoms with Gasteiger partial charge < -0.3 is 10.8 Å². The maximum atomic E-state index is 11.7. The van der Waals surface area contributed by atoms with Gasteiger partial charge in [0.05, 0.1) is 11.1 Å². The average molecular weight is 206 g/mol. The minimum atomic E-state index is -1.25. The predicted octanol–water partition coefficient (Wildman–Crippen LogP) is -0.440. The van der Waals surface area contributed by atoms with Crippen molar-refractivity contribution in [3.8, 4) is 0 Å². The minimum absolute atomic E-state index is 0.161. The van der Waals surface area contributed by atoms with Gasteiger partial charge in [-0.3, -0.25) is 9.59 Å². The third kappa shape index (κ3) is 1.33. The number of hydrogen-bond acceptors (Lipinski definition) is 4. The molecule has 0 saturated carbocycles. The first kappa shape index (κ1) is 9.82. The first-order valence-electron chi connectivity index (χ1n) is 4.52. The Labute approximate surface area is 86.1 Å². The van der Waals surface area contributed by atoms with Crippen LogP contribution in [0.3, 0.4) is 0 Å². The summed E-state index contributed by atoms with van der Waals surface area (Å²) >= 11 is 0. The molecule has 2 amide bonds. The van der Waals surface area contributed by atoms with Crippen molar-refractivity contribution in [1.82, 2.24) is 4.90 Å². The van der Waals surface area contributed by atoms with Crippen molar-refractivity contribution in [2.75, 3.05) is 6.54 Å². The highest BCUT2D eigenvalue weighted by Crippen LogP contribution is 2.23. The maximum Gasteiger partial charge on any atom is 0.263 e. The minimum Gasteiger partial charge on any atom is -0.372 e. The Morgan fingerprint density at radius 3 is 2.07 bits per heavy atom. The highest BCUT2D eigenvalue weighted by Gasteiger charge is 2.38. The van der Waals surface area contributed by atoms with Gasteiger partial charge in [-0.05, 0) is 12.1 Å². The van der Waals surface area contributed by atoms with Crippen LogP contribution in [0.1, 0.15) is 20.7 Å². The summed E-state index contributed by atoms with van der Waals surface area (Å²) in [5, 5.41) is 9.43. The number of benzene rings is 1. The van der Waals surface area contributed by atoms with Gasteiger partial charge in [-0.15, -0.1) is 0 Å². The van der Waals surface area contributed by atoms with Crippen LogP contribution in [0, 0.1) is 0 Å². The molecule has 0 aromatic heterocycles. The average Bonchev–Trinajstić information content (AvgIpc) is 2.52. The SMILES string of the molecule is NCC(O)N1C(=O)c2ccccc2C1=O. The highest BCUT2D eigenvalue weighted by atomic mass is 16.3. The van der Waals surface area contributed by atoms with Crippen LogP contribution in [0.25, 0.3) is 0 Å². The number of fused-ring (bicyclic) bond motifs is 1. The van der Waals surface area contributed by atoms with Crippen molar-refractivity contribution < 1.29 is 14.7 Å². The Morgan fingerprint density at radius 2 is 1.67 bits per heavy atom. The van der Waals surface area contributed by atoms with E-state index in [2.05, 4.69) is 0 Å². The zero-order chi connectivity index (χ0) is 11.0. The number of carbonyl (C=O) groups is 2. The molecule has 3 N–H and O–H groups in total. The normalized spacial score (nSPS) is 16.8. The highest BCUT2D eigenvalue weighted by molar-refractivity contribution is 6.21. The molecule has 1 heterocycles. The maximum absolute atomic E-state index is 11.7. The van der Waals surface area contributed by atoms with E-state index in [1.165, 1.54) is 0 Å². The van der Waals surface area contributed by atoms with Gasteiger partial charge in [-0.1, -0.05) is 12.1 Å². The van der Waals surface area contributed by atoms with Gasteiger partial charge in [0.25, 0.3) is 11.8 Å². The summed E-state index contributed by atoms with van der Waals surface area (Å²) in [7, 11) is 0. The second kappa shape index (κ2) is 3.45. The van der Waals surface area contributed by atoms with Crippen LogP contribution >= 0.6 is 0 Å². The molecule has 5 nitrogen and oxygen atoms in total. The Bertz CT molecular complexity index is 395. The summed E-state index contributed by atoms with van der Waals surface area (Å²) in [5.41, 5.74) is 5.84. The molecule has 78 valence electrons. The molecule has 0 bridgehead atoms. The summed E-state index contributed by atoms with van der Waals surface area (Å²) in [6, 6.07) is 6.45. The van der Waals surface area contributed by atoms with Gasteiger partial charge >= 0.3 is 0 Å². The molecule has 2 rings (SSSR count). The van der Waals surface area contributed by atoms with Gasteiger partial charge in [0.15, 0.2) is 0 Å². The second-order valence-electron chi connectivity index (χ2n) is 3.24. The number of aliphatic hydroxyl groups excluding tert-OH is 1. The number of amides is 2. The van der Waals surface area contributed by atoms with Crippen molar-refractivity contribution in [3.05, 3.63) is 35.4 Å². The fourth-order valence-corrected chi connectivity index (χ4v) is 1.58. The Balaban J connectivity index is 2.45. The van der Waals surface area contributed by atoms with E-state index < -0.39 is 18.0 Å². The smallest absolute Gasteiger partial charge is 0.263 e. The zero-order valence-corrected chi connectivity index (χ0v) is 7.88. The molecular formula is C10H10N2O3. The van der Waals surface area contributed by atoms with Crippen LogP contribution in [0.4, 0.5) is 0 Å². The number of imide groups is 1. The van der Waals surface area contributed by atoms with Crippen molar-refractivity contribution >= 4 is 11.8 Å². The van der Waals surface area contributed by atoms with Gasteiger partial charge in [-0.2, -0.15) is 0 Å². The molecule has 0 saturated heterocycles. The quantitative estimate of drug-likeness (QED) is 0.642.